The molecule has 7 heteroatoms. The molecule has 0 aliphatic carbocycles. The van der Waals surface area contributed by atoms with Gasteiger partial charge in [-0.1, -0.05) is 6.92 Å². The summed E-state index contributed by atoms with van der Waals surface area (Å²) in [5.74, 6) is 1.01. The number of carbonyl (C=O) groups excluding carboxylic acids is 2. The summed E-state index contributed by atoms with van der Waals surface area (Å²) in [4.78, 5) is 32.5. The van der Waals surface area contributed by atoms with Gasteiger partial charge >= 0.3 is 0 Å². The Balaban J connectivity index is 1.64. The first-order valence-corrected chi connectivity index (χ1v) is 7.48. The fraction of sp³-hybridized carbons (Fsp3) is 0.643. The topological polar surface area (TPSA) is 70.5 Å². The van der Waals surface area contributed by atoms with Crippen LogP contribution in [0.2, 0.25) is 0 Å². The normalized spacial score (nSPS) is 22.8. The van der Waals surface area contributed by atoms with Crippen LogP contribution in [0.3, 0.4) is 0 Å². The fourth-order valence-electron chi connectivity index (χ4n) is 3.05. The van der Waals surface area contributed by atoms with E-state index in [1.54, 1.807) is 11.1 Å². The number of rotatable bonds is 3. The Labute approximate surface area is 123 Å². The maximum absolute atomic E-state index is 12.4. The number of amides is 2. The van der Waals surface area contributed by atoms with Gasteiger partial charge in [-0.25, -0.2) is 4.98 Å². The van der Waals surface area contributed by atoms with Gasteiger partial charge in [0.1, 0.15) is 18.4 Å². The highest BCUT2D eigenvalue weighted by molar-refractivity contribution is 5.84. The van der Waals surface area contributed by atoms with Crippen molar-refractivity contribution in [1.82, 2.24) is 24.7 Å². The Kier molecular flexibility index (Phi) is 3.92. The zero-order chi connectivity index (χ0) is 14.8. The second-order valence-electron chi connectivity index (χ2n) is 5.51. The number of hydrogen-bond acceptors (Lipinski definition) is 4. The molecule has 0 radical (unpaired) electrons. The lowest BCUT2D eigenvalue weighted by Crippen LogP contribution is -2.64. The number of carbonyl (C=O) groups is 2. The lowest BCUT2D eigenvalue weighted by molar-refractivity contribution is -0.140. The third-order valence-electron chi connectivity index (χ3n) is 4.27. The number of nitrogens with zero attached hydrogens (tertiary/aromatic N) is 4. The first kappa shape index (κ1) is 14.1. The van der Waals surface area contributed by atoms with Gasteiger partial charge in [-0.3, -0.25) is 14.5 Å². The predicted molar refractivity (Wildman–Crippen MR) is 76.6 cm³/mol. The van der Waals surface area contributed by atoms with Crippen molar-refractivity contribution in [2.45, 2.75) is 25.9 Å². The highest BCUT2D eigenvalue weighted by Gasteiger charge is 2.36. The molecule has 7 nitrogen and oxygen atoms in total. The summed E-state index contributed by atoms with van der Waals surface area (Å²) in [6, 6.07) is -0.190. The average Bonchev–Trinajstić information content (AvgIpc) is 2.94. The number of imidazole rings is 1. The van der Waals surface area contributed by atoms with E-state index in [1.165, 1.54) is 0 Å². The average molecular weight is 291 g/mol. The molecule has 2 saturated heterocycles. The van der Waals surface area contributed by atoms with Gasteiger partial charge in [-0.15, -0.1) is 0 Å². The Morgan fingerprint density at radius 3 is 3.10 bits per heavy atom. The lowest BCUT2D eigenvalue weighted by atomic mass is 10.1. The molecule has 3 heterocycles. The van der Waals surface area contributed by atoms with E-state index in [0.717, 1.165) is 25.3 Å². The van der Waals surface area contributed by atoms with Crippen LogP contribution < -0.4 is 5.32 Å². The van der Waals surface area contributed by atoms with Crippen molar-refractivity contribution < 1.29 is 9.59 Å². The van der Waals surface area contributed by atoms with Crippen LogP contribution >= 0.6 is 0 Å². The van der Waals surface area contributed by atoms with Crippen LogP contribution in [-0.2, 0) is 22.6 Å². The molecule has 2 fully saturated rings. The van der Waals surface area contributed by atoms with E-state index in [-0.39, 0.29) is 17.9 Å². The van der Waals surface area contributed by atoms with Crippen LogP contribution in [0, 0.1) is 0 Å². The van der Waals surface area contributed by atoms with Crippen molar-refractivity contribution >= 4 is 11.8 Å². The minimum absolute atomic E-state index is 0.0376. The number of nitrogens with one attached hydrogen (secondary N) is 1. The minimum Gasteiger partial charge on any atom is -0.353 e. The molecular weight excluding hydrogens is 270 g/mol. The molecule has 1 N–H and O–H groups in total. The molecule has 3 rings (SSSR count). The highest BCUT2D eigenvalue weighted by atomic mass is 16.2. The summed E-state index contributed by atoms with van der Waals surface area (Å²) in [6.07, 6.45) is 4.36. The summed E-state index contributed by atoms with van der Waals surface area (Å²) in [5.41, 5.74) is 0. The molecule has 1 aromatic heterocycles. The van der Waals surface area contributed by atoms with Gasteiger partial charge in [0, 0.05) is 51.5 Å². The summed E-state index contributed by atoms with van der Waals surface area (Å²) < 4.78 is 1.88. The zero-order valence-corrected chi connectivity index (χ0v) is 12.3. The molecule has 0 aromatic carbocycles. The molecule has 21 heavy (non-hydrogen) atoms. The molecule has 1 aromatic rings. The van der Waals surface area contributed by atoms with Crippen molar-refractivity contribution in [3.05, 3.63) is 18.2 Å². The summed E-state index contributed by atoms with van der Waals surface area (Å²) in [5, 5.41) is 2.87. The second kappa shape index (κ2) is 5.85. The Morgan fingerprint density at radius 1 is 1.43 bits per heavy atom. The number of fused-ring (bicyclic) bond motifs is 1. The van der Waals surface area contributed by atoms with Gasteiger partial charge in [0.15, 0.2) is 0 Å². The fourth-order valence-corrected chi connectivity index (χ4v) is 3.05. The molecule has 2 amide bonds. The van der Waals surface area contributed by atoms with Crippen LogP contribution in [0.25, 0.3) is 0 Å². The molecule has 2 aliphatic rings. The van der Waals surface area contributed by atoms with E-state index in [1.807, 2.05) is 17.7 Å². The van der Waals surface area contributed by atoms with Crippen molar-refractivity contribution in [1.29, 1.82) is 0 Å². The maximum atomic E-state index is 12.4. The van der Waals surface area contributed by atoms with Crippen molar-refractivity contribution in [2.75, 3.05) is 32.7 Å². The van der Waals surface area contributed by atoms with E-state index >= 15 is 0 Å². The zero-order valence-electron chi connectivity index (χ0n) is 12.3. The Morgan fingerprint density at radius 2 is 2.29 bits per heavy atom. The maximum Gasteiger partial charge on any atom is 0.242 e. The lowest BCUT2D eigenvalue weighted by Gasteiger charge is -2.43. The molecule has 1 unspecified atom stereocenters. The van der Waals surface area contributed by atoms with Crippen molar-refractivity contribution in [2.24, 2.45) is 0 Å². The van der Waals surface area contributed by atoms with Crippen LogP contribution in [0.15, 0.2) is 12.4 Å². The highest BCUT2D eigenvalue weighted by Crippen LogP contribution is 2.13. The smallest absolute Gasteiger partial charge is 0.242 e. The van der Waals surface area contributed by atoms with Crippen molar-refractivity contribution in [3.8, 4) is 0 Å². The monoisotopic (exact) mass is 291 g/mol. The van der Waals surface area contributed by atoms with Crippen LogP contribution in [0.5, 0.6) is 0 Å². The molecule has 2 aliphatic heterocycles. The predicted octanol–water partition coefficient (Wildman–Crippen LogP) is -0.912. The quantitative estimate of drug-likeness (QED) is 0.782. The summed E-state index contributed by atoms with van der Waals surface area (Å²) in [6.45, 7) is 5.86. The van der Waals surface area contributed by atoms with E-state index in [4.69, 9.17) is 0 Å². The van der Waals surface area contributed by atoms with E-state index < -0.39 is 0 Å². The Bertz CT molecular complexity index is 541. The van der Waals surface area contributed by atoms with E-state index in [2.05, 4.69) is 15.2 Å². The Hall–Kier alpha value is -1.89. The number of hydrogen-bond donors (Lipinski definition) is 1. The molecule has 114 valence electrons. The van der Waals surface area contributed by atoms with Crippen LogP contribution in [0.1, 0.15) is 12.7 Å². The first-order chi connectivity index (χ1) is 10.2. The van der Waals surface area contributed by atoms with E-state index in [0.29, 0.717) is 26.2 Å². The van der Waals surface area contributed by atoms with E-state index in [9.17, 15) is 9.59 Å². The van der Waals surface area contributed by atoms with Gasteiger partial charge < -0.3 is 14.8 Å². The van der Waals surface area contributed by atoms with Crippen LogP contribution in [-0.4, -0.2) is 69.9 Å². The number of aryl methyl sites for hydroxylation is 1. The van der Waals surface area contributed by atoms with Gasteiger partial charge in [-0.2, -0.15) is 0 Å². The second-order valence-corrected chi connectivity index (χ2v) is 5.51. The SMILES string of the molecule is CCc1nccn1CC(=O)N1CCN2CCNC(=O)C2C1. The molecule has 0 saturated carbocycles. The molecule has 1 atom stereocenters. The molecular formula is C14H21N5O2. The van der Waals surface area contributed by atoms with Gasteiger partial charge in [0.05, 0.1) is 0 Å². The molecule has 0 bridgehead atoms. The number of aromatic nitrogens is 2. The first-order valence-electron chi connectivity index (χ1n) is 7.48. The van der Waals surface area contributed by atoms with Gasteiger partial charge in [0.2, 0.25) is 11.8 Å². The standard InChI is InChI=1S/C14H21N5O2/c1-2-12-15-3-6-18(12)10-13(20)19-8-7-17-5-4-16-14(21)11(17)9-19/h3,6,11H,2,4-5,7-10H2,1H3,(H,16,21). The number of piperazine rings is 2. The largest absolute Gasteiger partial charge is 0.353 e. The van der Waals surface area contributed by atoms with Crippen molar-refractivity contribution in [3.63, 3.8) is 0 Å². The van der Waals surface area contributed by atoms with Gasteiger partial charge in [-0.05, 0) is 0 Å². The third kappa shape index (κ3) is 2.78. The van der Waals surface area contributed by atoms with Crippen LogP contribution in [0.4, 0.5) is 0 Å². The third-order valence-corrected chi connectivity index (χ3v) is 4.27. The summed E-state index contributed by atoms with van der Waals surface area (Å²) >= 11 is 0. The van der Waals surface area contributed by atoms with Gasteiger partial charge in [0.25, 0.3) is 0 Å². The minimum atomic E-state index is -0.190. The molecule has 0 spiro atoms. The summed E-state index contributed by atoms with van der Waals surface area (Å²) in [7, 11) is 0.